The number of pyridine rings is 1. The normalized spacial score (nSPS) is 18.0. The van der Waals surface area contributed by atoms with E-state index in [0.717, 1.165) is 36.4 Å². The summed E-state index contributed by atoms with van der Waals surface area (Å²) in [5.41, 5.74) is 2.95. The number of carbonyl (C=O) groups excluding carboxylic acids is 1. The van der Waals surface area contributed by atoms with Gasteiger partial charge in [0, 0.05) is 30.8 Å². The average Bonchev–Trinajstić information content (AvgIpc) is 3.11. The predicted octanol–water partition coefficient (Wildman–Crippen LogP) is 4.05. The van der Waals surface area contributed by atoms with E-state index in [4.69, 9.17) is 0 Å². The molecule has 5 heteroatoms. The van der Waals surface area contributed by atoms with Gasteiger partial charge in [-0.25, -0.2) is 0 Å². The van der Waals surface area contributed by atoms with E-state index >= 15 is 0 Å². The molecule has 5 nitrogen and oxygen atoms in total. The lowest BCUT2D eigenvalue weighted by Gasteiger charge is -2.32. The van der Waals surface area contributed by atoms with Gasteiger partial charge in [0.05, 0.1) is 0 Å². The Bertz CT molecular complexity index is 952. The molecule has 27 heavy (non-hydrogen) atoms. The van der Waals surface area contributed by atoms with E-state index in [9.17, 15) is 4.79 Å². The Labute approximate surface area is 160 Å². The van der Waals surface area contributed by atoms with Crippen LogP contribution in [-0.2, 0) is 5.41 Å². The minimum atomic E-state index is 0.0898. The molecule has 1 aliphatic heterocycles. The summed E-state index contributed by atoms with van der Waals surface area (Å²) >= 11 is 0. The second-order valence-corrected chi connectivity index (χ2v) is 8.40. The van der Waals surface area contributed by atoms with Crippen molar-refractivity contribution in [2.75, 3.05) is 13.1 Å². The van der Waals surface area contributed by atoms with Gasteiger partial charge in [-0.1, -0.05) is 39.0 Å². The summed E-state index contributed by atoms with van der Waals surface area (Å²) in [6.45, 7) is 8.04. The quantitative estimate of drug-likeness (QED) is 0.691. The molecule has 1 fully saturated rings. The van der Waals surface area contributed by atoms with Gasteiger partial charge in [0.15, 0.2) is 5.65 Å². The van der Waals surface area contributed by atoms with Crippen LogP contribution in [0.2, 0.25) is 0 Å². The zero-order valence-electron chi connectivity index (χ0n) is 16.2. The van der Waals surface area contributed by atoms with Crippen LogP contribution in [0, 0.1) is 0 Å². The van der Waals surface area contributed by atoms with Gasteiger partial charge in [-0.15, -0.1) is 10.2 Å². The van der Waals surface area contributed by atoms with E-state index in [2.05, 4.69) is 43.1 Å². The Morgan fingerprint density at radius 1 is 1.07 bits per heavy atom. The van der Waals surface area contributed by atoms with Crippen LogP contribution >= 0.6 is 0 Å². The number of likely N-dealkylation sites (tertiary alicyclic amines) is 1. The summed E-state index contributed by atoms with van der Waals surface area (Å²) in [5.74, 6) is 1.27. The second kappa shape index (κ2) is 6.80. The average molecular weight is 362 g/mol. The number of carbonyl (C=O) groups is 1. The van der Waals surface area contributed by atoms with Gasteiger partial charge in [-0.05, 0) is 48.1 Å². The topological polar surface area (TPSA) is 50.5 Å². The maximum absolute atomic E-state index is 13.0. The number of piperidine rings is 1. The minimum absolute atomic E-state index is 0.0898. The monoisotopic (exact) mass is 362 g/mol. The molecule has 140 valence electrons. The van der Waals surface area contributed by atoms with E-state index in [1.165, 1.54) is 5.56 Å². The van der Waals surface area contributed by atoms with Gasteiger partial charge in [0.25, 0.3) is 5.91 Å². The van der Waals surface area contributed by atoms with Crippen LogP contribution in [0.4, 0.5) is 0 Å². The molecule has 1 atom stereocenters. The molecule has 0 spiro atoms. The predicted molar refractivity (Wildman–Crippen MR) is 106 cm³/mol. The third-order valence-electron chi connectivity index (χ3n) is 5.41. The summed E-state index contributed by atoms with van der Waals surface area (Å²) < 4.78 is 2.04. The van der Waals surface area contributed by atoms with Crippen molar-refractivity contribution in [1.29, 1.82) is 0 Å². The smallest absolute Gasteiger partial charge is 0.253 e. The fourth-order valence-corrected chi connectivity index (χ4v) is 3.81. The molecule has 1 aliphatic rings. The maximum atomic E-state index is 13.0. The highest BCUT2D eigenvalue weighted by Crippen LogP contribution is 2.28. The Hall–Kier alpha value is -2.69. The molecular formula is C22H26N4O. The Balaban J connectivity index is 1.53. The van der Waals surface area contributed by atoms with Gasteiger partial charge in [0.1, 0.15) is 5.82 Å². The van der Waals surface area contributed by atoms with Crippen LogP contribution < -0.4 is 0 Å². The van der Waals surface area contributed by atoms with Crippen molar-refractivity contribution in [2.24, 2.45) is 0 Å². The second-order valence-electron chi connectivity index (χ2n) is 8.40. The van der Waals surface area contributed by atoms with Crippen LogP contribution in [0.3, 0.4) is 0 Å². The highest BCUT2D eigenvalue weighted by atomic mass is 16.2. The molecule has 0 N–H and O–H groups in total. The highest BCUT2D eigenvalue weighted by Gasteiger charge is 2.28. The van der Waals surface area contributed by atoms with Gasteiger partial charge >= 0.3 is 0 Å². The third-order valence-corrected chi connectivity index (χ3v) is 5.41. The number of nitrogens with zero attached hydrogens (tertiary/aromatic N) is 4. The maximum Gasteiger partial charge on any atom is 0.253 e. The molecule has 0 saturated carbocycles. The number of benzene rings is 1. The van der Waals surface area contributed by atoms with Crippen molar-refractivity contribution in [2.45, 2.75) is 44.9 Å². The van der Waals surface area contributed by atoms with Crippen molar-refractivity contribution in [3.05, 3.63) is 65.6 Å². The van der Waals surface area contributed by atoms with E-state index in [1.807, 2.05) is 45.8 Å². The first-order chi connectivity index (χ1) is 12.9. The lowest BCUT2D eigenvalue weighted by atomic mass is 9.86. The Kier molecular flexibility index (Phi) is 4.46. The number of hydrogen-bond acceptors (Lipinski definition) is 3. The standard InChI is InChI=1S/C22H26N4O/c1-22(2,3)18-11-9-16(10-12-18)21(27)25-13-6-7-17(15-25)20-24-23-19-8-4-5-14-26(19)20/h4-5,8-12,14,17H,6-7,13,15H2,1-3H3/t17-/m0/s1. The number of amides is 1. The Morgan fingerprint density at radius 3 is 2.59 bits per heavy atom. The fourth-order valence-electron chi connectivity index (χ4n) is 3.81. The van der Waals surface area contributed by atoms with Crippen molar-refractivity contribution in [3.63, 3.8) is 0 Å². The van der Waals surface area contributed by atoms with Crippen LogP contribution in [0.25, 0.3) is 5.65 Å². The Morgan fingerprint density at radius 2 is 1.85 bits per heavy atom. The number of hydrogen-bond donors (Lipinski definition) is 0. The molecule has 3 aromatic rings. The number of rotatable bonds is 2. The van der Waals surface area contributed by atoms with Crippen molar-refractivity contribution in [1.82, 2.24) is 19.5 Å². The van der Waals surface area contributed by atoms with Crippen molar-refractivity contribution >= 4 is 11.6 Å². The molecule has 4 rings (SSSR count). The lowest BCUT2D eigenvalue weighted by Crippen LogP contribution is -2.39. The molecule has 0 aliphatic carbocycles. The molecule has 0 bridgehead atoms. The first-order valence-corrected chi connectivity index (χ1v) is 9.63. The summed E-state index contributed by atoms with van der Waals surface area (Å²) in [6, 6.07) is 14.0. The zero-order chi connectivity index (χ0) is 19.0. The molecule has 2 aromatic heterocycles. The molecule has 1 amide bonds. The van der Waals surface area contributed by atoms with Crippen LogP contribution in [0.15, 0.2) is 48.7 Å². The molecule has 0 unspecified atom stereocenters. The van der Waals surface area contributed by atoms with Gasteiger partial charge in [0.2, 0.25) is 0 Å². The SMILES string of the molecule is CC(C)(C)c1ccc(C(=O)N2CCC[C@H](c3nnc4ccccn34)C2)cc1. The van der Waals surface area contributed by atoms with E-state index in [1.54, 1.807) is 0 Å². The van der Waals surface area contributed by atoms with Gasteiger partial charge in [-0.2, -0.15) is 0 Å². The first-order valence-electron chi connectivity index (χ1n) is 9.63. The van der Waals surface area contributed by atoms with Crippen LogP contribution in [0.1, 0.15) is 61.3 Å². The van der Waals surface area contributed by atoms with Crippen molar-refractivity contribution in [3.8, 4) is 0 Å². The molecule has 1 saturated heterocycles. The number of fused-ring (bicyclic) bond motifs is 1. The highest BCUT2D eigenvalue weighted by molar-refractivity contribution is 5.94. The van der Waals surface area contributed by atoms with E-state index < -0.39 is 0 Å². The first kappa shape index (κ1) is 17.7. The molecule has 0 radical (unpaired) electrons. The molecular weight excluding hydrogens is 336 g/mol. The van der Waals surface area contributed by atoms with Gasteiger partial charge in [-0.3, -0.25) is 9.20 Å². The minimum Gasteiger partial charge on any atom is -0.338 e. The molecule has 1 aromatic carbocycles. The third kappa shape index (κ3) is 3.46. The zero-order valence-corrected chi connectivity index (χ0v) is 16.2. The summed E-state index contributed by atoms with van der Waals surface area (Å²) in [5, 5.41) is 8.66. The summed E-state index contributed by atoms with van der Waals surface area (Å²) in [6.07, 6.45) is 4.01. The summed E-state index contributed by atoms with van der Waals surface area (Å²) in [7, 11) is 0. The van der Waals surface area contributed by atoms with Gasteiger partial charge < -0.3 is 4.90 Å². The van der Waals surface area contributed by atoms with E-state index in [-0.39, 0.29) is 17.2 Å². The fraction of sp³-hybridized carbons (Fsp3) is 0.409. The van der Waals surface area contributed by atoms with Crippen LogP contribution in [-0.4, -0.2) is 38.5 Å². The van der Waals surface area contributed by atoms with Crippen molar-refractivity contribution < 1.29 is 4.79 Å². The van der Waals surface area contributed by atoms with E-state index in [0.29, 0.717) is 6.54 Å². The molecule has 3 heterocycles. The number of aromatic nitrogens is 3. The van der Waals surface area contributed by atoms with Crippen LogP contribution in [0.5, 0.6) is 0 Å². The largest absolute Gasteiger partial charge is 0.338 e. The lowest BCUT2D eigenvalue weighted by molar-refractivity contribution is 0.0704. The summed E-state index contributed by atoms with van der Waals surface area (Å²) in [4.78, 5) is 15.0.